The van der Waals surface area contributed by atoms with E-state index < -0.39 is 0 Å². The third-order valence-electron chi connectivity index (χ3n) is 5.39. The lowest BCUT2D eigenvalue weighted by Crippen LogP contribution is -2.36. The molecule has 1 aliphatic carbocycles. The van der Waals surface area contributed by atoms with Crippen molar-refractivity contribution in [2.24, 2.45) is 11.1 Å². The van der Waals surface area contributed by atoms with Crippen LogP contribution in [0.3, 0.4) is 0 Å². The van der Waals surface area contributed by atoms with E-state index in [1.165, 1.54) is 29.8 Å². The van der Waals surface area contributed by atoms with Crippen molar-refractivity contribution < 1.29 is 4.79 Å². The molecule has 23 heavy (non-hydrogen) atoms. The normalized spacial score (nSPS) is 21.0. The lowest BCUT2D eigenvalue weighted by Gasteiger charge is -2.35. The van der Waals surface area contributed by atoms with Gasteiger partial charge < -0.3 is 11.1 Å². The van der Waals surface area contributed by atoms with Gasteiger partial charge in [-0.05, 0) is 31.3 Å². The molecule has 0 aromatic carbocycles. The molecule has 1 amide bonds. The molecule has 1 aromatic rings. The molecule has 0 unspecified atom stereocenters. The van der Waals surface area contributed by atoms with E-state index in [2.05, 4.69) is 22.1 Å². The van der Waals surface area contributed by atoms with E-state index in [1.54, 1.807) is 11.3 Å². The van der Waals surface area contributed by atoms with Gasteiger partial charge in [-0.3, -0.25) is 9.69 Å². The van der Waals surface area contributed by atoms with Crippen molar-refractivity contribution in [3.63, 3.8) is 0 Å². The fourth-order valence-corrected chi connectivity index (χ4v) is 4.90. The number of fused-ring (bicyclic) bond motifs is 1. The molecular weight excluding hydrogens is 308 g/mol. The van der Waals surface area contributed by atoms with Crippen LogP contribution < -0.4 is 11.1 Å². The molecule has 0 saturated heterocycles. The number of rotatable bonds is 5. The molecule has 2 heterocycles. The zero-order valence-corrected chi connectivity index (χ0v) is 14.9. The Hall–Kier alpha value is -0.980. The van der Waals surface area contributed by atoms with E-state index in [-0.39, 0.29) is 11.3 Å². The maximum Gasteiger partial charge on any atom is 0.226 e. The van der Waals surface area contributed by atoms with Crippen LogP contribution in [0.1, 0.15) is 56.0 Å². The van der Waals surface area contributed by atoms with E-state index in [0.29, 0.717) is 13.0 Å². The Kier molecular flexibility index (Phi) is 5.34. The first-order valence-corrected chi connectivity index (χ1v) is 9.66. The summed E-state index contributed by atoms with van der Waals surface area (Å²) in [5, 5.41) is 3.80. The molecular formula is C17H28N4OS. The molecule has 128 valence electrons. The van der Waals surface area contributed by atoms with Crippen molar-refractivity contribution in [2.75, 3.05) is 25.0 Å². The number of likely N-dealkylation sites (N-methyl/N-ethyl adjacent to an activating group) is 1. The summed E-state index contributed by atoms with van der Waals surface area (Å²) < 4.78 is 0. The van der Waals surface area contributed by atoms with Crippen LogP contribution in [-0.4, -0.2) is 35.4 Å². The van der Waals surface area contributed by atoms with Gasteiger partial charge in [-0.25, -0.2) is 4.98 Å². The van der Waals surface area contributed by atoms with Gasteiger partial charge in [0, 0.05) is 30.8 Å². The van der Waals surface area contributed by atoms with Crippen molar-refractivity contribution in [3.8, 4) is 0 Å². The number of carbonyl (C=O) groups is 1. The first kappa shape index (κ1) is 16.9. The Morgan fingerprint density at radius 2 is 2.17 bits per heavy atom. The predicted molar refractivity (Wildman–Crippen MR) is 94.6 cm³/mol. The molecule has 0 radical (unpaired) electrons. The van der Waals surface area contributed by atoms with Gasteiger partial charge in [0.15, 0.2) is 5.13 Å². The van der Waals surface area contributed by atoms with Crippen LogP contribution in [0.2, 0.25) is 0 Å². The second kappa shape index (κ2) is 7.28. The molecule has 1 aromatic heterocycles. The van der Waals surface area contributed by atoms with Crippen molar-refractivity contribution in [3.05, 3.63) is 10.6 Å². The van der Waals surface area contributed by atoms with Crippen LogP contribution >= 0.6 is 11.3 Å². The first-order chi connectivity index (χ1) is 11.1. The summed E-state index contributed by atoms with van der Waals surface area (Å²) in [5.74, 6) is 0.0794. The largest absolute Gasteiger partial charge is 0.330 e. The molecule has 2 aliphatic rings. The van der Waals surface area contributed by atoms with E-state index in [0.717, 1.165) is 44.0 Å². The van der Waals surface area contributed by atoms with Crippen molar-refractivity contribution in [1.82, 2.24) is 9.88 Å². The number of hydrogen-bond donors (Lipinski definition) is 2. The molecule has 1 saturated carbocycles. The fraction of sp³-hybridized carbons (Fsp3) is 0.765. The van der Waals surface area contributed by atoms with Crippen molar-refractivity contribution >= 4 is 22.4 Å². The van der Waals surface area contributed by atoms with Gasteiger partial charge in [0.2, 0.25) is 5.91 Å². The second-order valence-electron chi connectivity index (χ2n) is 7.00. The van der Waals surface area contributed by atoms with E-state index in [9.17, 15) is 4.79 Å². The summed E-state index contributed by atoms with van der Waals surface area (Å²) >= 11 is 1.64. The highest BCUT2D eigenvalue weighted by atomic mass is 32.1. The number of nitrogens with two attached hydrogens (primary N) is 1. The highest BCUT2D eigenvalue weighted by molar-refractivity contribution is 7.15. The van der Waals surface area contributed by atoms with Gasteiger partial charge in [0.05, 0.1) is 5.69 Å². The number of nitrogens with zero attached hydrogens (tertiary/aromatic N) is 2. The van der Waals surface area contributed by atoms with E-state index in [4.69, 9.17) is 5.73 Å². The predicted octanol–water partition coefficient (Wildman–Crippen LogP) is 2.76. The van der Waals surface area contributed by atoms with Crippen LogP contribution in [0, 0.1) is 5.41 Å². The molecule has 1 aliphatic heterocycles. The molecule has 0 atom stereocenters. The number of amides is 1. The zero-order valence-electron chi connectivity index (χ0n) is 14.1. The number of hydrogen-bond acceptors (Lipinski definition) is 5. The maximum atomic E-state index is 12.5. The summed E-state index contributed by atoms with van der Waals surface area (Å²) in [6.45, 7) is 5.90. The van der Waals surface area contributed by atoms with Gasteiger partial charge >= 0.3 is 0 Å². The van der Waals surface area contributed by atoms with Gasteiger partial charge in [0.25, 0.3) is 0 Å². The Balaban J connectivity index is 1.61. The first-order valence-electron chi connectivity index (χ1n) is 8.85. The summed E-state index contributed by atoms with van der Waals surface area (Å²) in [5.41, 5.74) is 7.17. The van der Waals surface area contributed by atoms with E-state index >= 15 is 0 Å². The van der Waals surface area contributed by atoms with Gasteiger partial charge in [-0.1, -0.05) is 26.2 Å². The lowest BCUT2D eigenvalue weighted by atomic mass is 9.72. The van der Waals surface area contributed by atoms with Crippen LogP contribution in [0.15, 0.2) is 0 Å². The van der Waals surface area contributed by atoms with Crippen molar-refractivity contribution in [2.45, 2.75) is 58.4 Å². The average Bonchev–Trinajstić information content (AvgIpc) is 2.96. The smallest absolute Gasteiger partial charge is 0.226 e. The molecule has 6 heteroatoms. The molecule has 0 spiro atoms. The van der Waals surface area contributed by atoms with Crippen LogP contribution in [0.5, 0.6) is 0 Å². The lowest BCUT2D eigenvalue weighted by molar-refractivity contribution is -0.118. The topological polar surface area (TPSA) is 71.2 Å². The van der Waals surface area contributed by atoms with Gasteiger partial charge in [-0.15, -0.1) is 11.3 Å². The molecule has 5 nitrogen and oxygen atoms in total. The third-order valence-corrected chi connectivity index (χ3v) is 6.38. The Labute approximate surface area is 142 Å². The minimum absolute atomic E-state index is 0.0121. The number of carbonyl (C=O) groups excluding carboxylic acids is 1. The minimum Gasteiger partial charge on any atom is -0.330 e. The van der Waals surface area contributed by atoms with Crippen LogP contribution in [-0.2, 0) is 17.8 Å². The standard InChI is InChI=1S/C17H28N4OS/c1-2-21-9-6-13-14(11-21)23-16(19-13)20-15(22)10-17(12-18)7-4-3-5-8-17/h2-12,18H2,1H3,(H,19,20,22). The molecule has 3 N–H and O–H groups in total. The number of nitrogens with one attached hydrogen (secondary N) is 1. The summed E-state index contributed by atoms with van der Waals surface area (Å²) in [7, 11) is 0. The Morgan fingerprint density at radius 1 is 1.39 bits per heavy atom. The third kappa shape index (κ3) is 3.92. The number of anilines is 1. The highest BCUT2D eigenvalue weighted by Crippen LogP contribution is 2.38. The van der Waals surface area contributed by atoms with Crippen LogP contribution in [0.4, 0.5) is 5.13 Å². The fourth-order valence-electron chi connectivity index (χ4n) is 3.83. The molecule has 0 bridgehead atoms. The SMILES string of the molecule is CCN1CCc2nc(NC(=O)CC3(CN)CCCCC3)sc2C1. The summed E-state index contributed by atoms with van der Waals surface area (Å²) in [6.07, 6.45) is 7.35. The van der Waals surface area contributed by atoms with E-state index in [1.807, 2.05) is 0 Å². The second-order valence-corrected chi connectivity index (χ2v) is 8.08. The molecule has 3 rings (SSSR count). The monoisotopic (exact) mass is 336 g/mol. The summed E-state index contributed by atoms with van der Waals surface area (Å²) in [6, 6.07) is 0. The van der Waals surface area contributed by atoms with Crippen molar-refractivity contribution in [1.29, 1.82) is 0 Å². The quantitative estimate of drug-likeness (QED) is 0.867. The van der Waals surface area contributed by atoms with Gasteiger partial charge in [0.1, 0.15) is 0 Å². The highest BCUT2D eigenvalue weighted by Gasteiger charge is 2.33. The Morgan fingerprint density at radius 3 is 2.87 bits per heavy atom. The molecule has 1 fully saturated rings. The van der Waals surface area contributed by atoms with Crippen LogP contribution in [0.25, 0.3) is 0 Å². The minimum atomic E-state index is 0.0121. The number of aromatic nitrogens is 1. The van der Waals surface area contributed by atoms with Gasteiger partial charge in [-0.2, -0.15) is 0 Å². The zero-order chi connectivity index (χ0) is 16.3. The Bertz CT molecular complexity index is 551. The summed E-state index contributed by atoms with van der Waals surface area (Å²) in [4.78, 5) is 20.8. The number of thiazole rings is 1. The maximum absolute atomic E-state index is 12.5. The average molecular weight is 337 g/mol.